The van der Waals surface area contributed by atoms with E-state index in [-0.39, 0.29) is 22.1 Å². The first-order valence-electron chi connectivity index (χ1n) is 7.90. The molecular weight excluding hydrogens is 368 g/mol. The molecule has 0 saturated carbocycles. The van der Waals surface area contributed by atoms with Crippen LogP contribution in [0.15, 0.2) is 23.1 Å². The first kappa shape index (κ1) is 19.8. The highest BCUT2D eigenvalue weighted by molar-refractivity contribution is 7.89. The highest BCUT2D eigenvalue weighted by atomic mass is 35.5. The van der Waals surface area contributed by atoms with Crippen molar-refractivity contribution in [1.29, 1.82) is 0 Å². The van der Waals surface area contributed by atoms with Crippen LogP contribution in [0, 0.1) is 0 Å². The Morgan fingerprint density at radius 2 is 2.24 bits per heavy atom. The minimum absolute atomic E-state index is 0.0219. The Labute approximate surface area is 152 Å². The quantitative estimate of drug-likeness (QED) is 0.785. The third kappa shape index (κ3) is 5.21. The van der Waals surface area contributed by atoms with Crippen molar-refractivity contribution in [2.75, 3.05) is 45.2 Å². The Balaban J connectivity index is 1.96. The fourth-order valence-corrected chi connectivity index (χ4v) is 3.29. The summed E-state index contributed by atoms with van der Waals surface area (Å²) in [6.07, 6.45) is -0.183. The zero-order chi connectivity index (χ0) is 18.6. The van der Waals surface area contributed by atoms with Crippen LogP contribution in [-0.4, -0.2) is 70.2 Å². The number of sulfonamides is 1. The minimum Gasteiger partial charge on any atom is -0.381 e. The van der Waals surface area contributed by atoms with Crippen LogP contribution in [0.3, 0.4) is 0 Å². The number of halogens is 1. The lowest BCUT2D eigenvalue weighted by atomic mass is 10.2. The van der Waals surface area contributed by atoms with Gasteiger partial charge >= 0.3 is 6.03 Å². The molecule has 1 aromatic carbocycles. The van der Waals surface area contributed by atoms with E-state index < -0.39 is 10.0 Å². The average Bonchev–Trinajstić information content (AvgIpc) is 2.58. The predicted octanol–water partition coefficient (Wildman–Crippen LogP) is 1.17. The minimum atomic E-state index is -3.79. The maximum absolute atomic E-state index is 12.2. The number of hydrogen-bond acceptors (Lipinski definition) is 5. The fraction of sp³-hybridized carbons (Fsp3) is 0.533. The Kier molecular flexibility index (Phi) is 6.50. The van der Waals surface area contributed by atoms with Crippen LogP contribution >= 0.6 is 11.6 Å². The number of ether oxygens (including phenoxy) is 1. The summed E-state index contributed by atoms with van der Waals surface area (Å²) in [5, 5.41) is 8.45. The number of nitrogens with zero attached hydrogens (tertiary/aromatic N) is 2. The molecule has 1 fully saturated rings. The van der Waals surface area contributed by atoms with Crippen LogP contribution in [0.2, 0.25) is 5.02 Å². The van der Waals surface area contributed by atoms with E-state index in [0.29, 0.717) is 38.5 Å². The molecule has 2 rings (SSSR count). The Bertz CT molecular complexity index is 728. The van der Waals surface area contributed by atoms with Crippen LogP contribution < -0.4 is 10.5 Å². The van der Waals surface area contributed by atoms with Crippen molar-refractivity contribution in [3.63, 3.8) is 0 Å². The SMILES string of the molecule is CCN(C)C(=O)N1CCO[C@@H](CNc2ccc(S(N)(=O)=O)cc2Cl)C1. The van der Waals surface area contributed by atoms with Crippen molar-refractivity contribution in [1.82, 2.24) is 9.80 Å². The standard InChI is InChI=1S/C15H23ClN4O4S/c1-3-19(2)15(21)20-6-7-24-11(10-20)9-18-14-5-4-12(8-13(14)16)25(17,22)23/h4-5,8,11,18H,3,6-7,9-10H2,1-2H3,(H2,17,22,23)/t11-/m0/s1. The number of rotatable bonds is 5. The van der Waals surface area contributed by atoms with Gasteiger partial charge in [0.25, 0.3) is 0 Å². The highest BCUT2D eigenvalue weighted by Crippen LogP contribution is 2.25. The molecule has 1 saturated heterocycles. The van der Waals surface area contributed by atoms with E-state index in [2.05, 4.69) is 5.32 Å². The number of urea groups is 1. The number of carbonyl (C=O) groups is 1. The molecule has 10 heteroatoms. The molecule has 0 radical (unpaired) electrons. The smallest absolute Gasteiger partial charge is 0.319 e. The number of amides is 2. The van der Waals surface area contributed by atoms with E-state index >= 15 is 0 Å². The van der Waals surface area contributed by atoms with Crippen LogP contribution in [-0.2, 0) is 14.8 Å². The molecule has 0 aromatic heterocycles. The summed E-state index contributed by atoms with van der Waals surface area (Å²) in [5.74, 6) is 0. The van der Waals surface area contributed by atoms with Crippen molar-refractivity contribution >= 4 is 33.3 Å². The summed E-state index contributed by atoms with van der Waals surface area (Å²) >= 11 is 6.10. The van der Waals surface area contributed by atoms with E-state index in [4.69, 9.17) is 21.5 Å². The van der Waals surface area contributed by atoms with Gasteiger partial charge in [-0.05, 0) is 25.1 Å². The number of hydrogen-bond donors (Lipinski definition) is 2. The van der Waals surface area contributed by atoms with Gasteiger partial charge in [-0.1, -0.05) is 11.6 Å². The van der Waals surface area contributed by atoms with Crippen LogP contribution in [0.4, 0.5) is 10.5 Å². The fourth-order valence-electron chi connectivity index (χ4n) is 2.43. The number of primary sulfonamides is 1. The summed E-state index contributed by atoms with van der Waals surface area (Å²) in [6.45, 7) is 4.50. The maximum Gasteiger partial charge on any atom is 0.319 e. The second-order valence-electron chi connectivity index (χ2n) is 5.80. The van der Waals surface area contributed by atoms with Gasteiger partial charge in [-0.25, -0.2) is 18.4 Å². The normalized spacial score (nSPS) is 18.1. The van der Waals surface area contributed by atoms with Gasteiger partial charge in [0, 0.05) is 26.7 Å². The lowest BCUT2D eigenvalue weighted by Gasteiger charge is -2.35. The number of morpholine rings is 1. The molecule has 0 aliphatic carbocycles. The molecule has 0 unspecified atom stereocenters. The van der Waals surface area contributed by atoms with Crippen molar-refractivity contribution in [3.8, 4) is 0 Å². The van der Waals surface area contributed by atoms with Gasteiger partial charge in [-0.15, -0.1) is 0 Å². The van der Waals surface area contributed by atoms with Gasteiger partial charge in [0.15, 0.2) is 0 Å². The first-order valence-corrected chi connectivity index (χ1v) is 9.82. The number of nitrogens with two attached hydrogens (primary N) is 1. The first-order chi connectivity index (χ1) is 11.7. The molecule has 1 aromatic rings. The van der Waals surface area contributed by atoms with Crippen molar-refractivity contribution in [2.45, 2.75) is 17.9 Å². The van der Waals surface area contributed by atoms with Crippen LogP contribution in [0.1, 0.15) is 6.92 Å². The molecule has 0 spiro atoms. The van der Waals surface area contributed by atoms with E-state index in [0.717, 1.165) is 0 Å². The van der Waals surface area contributed by atoms with Gasteiger partial charge < -0.3 is 19.9 Å². The zero-order valence-corrected chi connectivity index (χ0v) is 15.8. The molecule has 1 aliphatic heterocycles. The number of anilines is 1. The topological polar surface area (TPSA) is 105 Å². The number of carbonyl (C=O) groups excluding carboxylic acids is 1. The van der Waals surface area contributed by atoms with Crippen LogP contribution in [0.5, 0.6) is 0 Å². The summed E-state index contributed by atoms with van der Waals surface area (Å²) in [5.41, 5.74) is 0.576. The molecule has 0 bridgehead atoms. The Hall–Kier alpha value is -1.55. The lowest BCUT2D eigenvalue weighted by molar-refractivity contribution is -0.0108. The monoisotopic (exact) mass is 390 g/mol. The molecule has 1 aliphatic rings. The van der Waals surface area contributed by atoms with E-state index in [1.807, 2.05) is 6.92 Å². The third-order valence-electron chi connectivity index (χ3n) is 4.00. The van der Waals surface area contributed by atoms with Gasteiger partial charge in [-0.3, -0.25) is 0 Å². The molecular formula is C15H23ClN4O4S. The summed E-state index contributed by atoms with van der Waals surface area (Å²) in [6, 6.07) is 4.22. The summed E-state index contributed by atoms with van der Waals surface area (Å²) < 4.78 is 28.3. The second-order valence-corrected chi connectivity index (χ2v) is 7.77. The summed E-state index contributed by atoms with van der Waals surface area (Å²) in [4.78, 5) is 15.6. The van der Waals surface area contributed by atoms with Crippen molar-refractivity contribution < 1.29 is 17.9 Å². The number of benzene rings is 1. The van der Waals surface area contributed by atoms with E-state index in [9.17, 15) is 13.2 Å². The Morgan fingerprint density at radius 3 is 2.84 bits per heavy atom. The number of nitrogens with one attached hydrogen (secondary N) is 1. The van der Waals surface area contributed by atoms with Crippen LogP contribution in [0.25, 0.3) is 0 Å². The third-order valence-corrected chi connectivity index (χ3v) is 5.22. The second kappa shape index (κ2) is 8.22. The van der Waals surface area contributed by atoms with Gasteiger partial charge in [0.05, 0.1) is 34.9 Å². The molecule has 25 heavy (non-hydrogen) atoms. The van der Waals surface area contributed by atoms with Gasteiger partial charge in [0.2, 0.25) is 10.0 Å². The van der Waals surface area contributed by atoms with Gasteiger partial charge in [-0.2, -0.15) is 0 Å². The lowest BCUT2D eigenvalue weighted by Crippen LogP contribution is -2.51. The zero-order valence-electron chi connectivity index (χ0n) is 14.2. The van der Waals surface area contributed by atoms with Crippen molar-refractivity contribution in [2.24, 2.45) is 5.14 Å². The summed E-state index contributed by atoms with van der Waals surface area (Å²) in [7, 11) is -2.03. The molecule has 1 heterocycles. The average molecular weight is 391 g/mol. The predicted molar refractivity (Wildman–Crippen MR) is 96.3 cm³/mol. The Morgan fingerprint density at radius 1 is 1.52 bits per heavy atom. The largest absolute Gasteiger partial charge is 0.381 e. The van der Waals surface area contributed by atoms with E-state index in [1.54, 1.807) is 22.9 Å². The van der Waals surface area contributed by atoms with Crippen molar-refractivity contribution in [3.05, 3.63) is 23.2 Å². The molecule has 140 valence electrons. The molecule has 3 N–H and O–H groups in total. The molecule has 1 atom stereocenters. The van der Waals surface area contributed by atoms with Gasteiger partial charge in [0.1, 0.15) is 0 Å². The molecule has 2 amide bonds. The maximum atomic E-state index is 12.2. The molecule has 8 nitrogen and oxygen atoms in total. The highest BCUT2D eigenvalue weighted by Gasteiger charge is 2.25. The van der Waals surface area contributed by atoms with E-state index in [1.165, 1.54) is 12.1 Å².